The second-order valence-corrected chi connectivity index (χ2v) is 6.06. The average Bonchev–Trinajstić information content (AvgIpc) is 2.64. The number of rotatable bonds is 8. The van der Waals surface area contributed by atoms with Crippen LogP contribution in [0, 0.1) is 0 Å². The van der Waals surface area contributed by atoms with E-state index in [-0.39, 0.29) is 11.9 Å². The highest BCUT2D eigenvalue weighted by atomic mass is 16.5. The van der Waals surface area contributed by atoms with E-state index in [4.69, 9.17) is 9.47 Å². The van der Waals surface area contributed by atoms with E-state index in [1.165, 1.54) is 11.1 Å². The summed E-state index contributed by atoms with van der Waals surface area (Å²) in [6.45, 7) is 9.87. The van der Waals surface area contributed by atoms with E-state index in [0.29, 0.717) is 26.4 Å². The van der Waals surface area contributed by atoms with Crippen molar-refractivity contribution in [2.75, 3.05) is 39.5 Å². The van der Waals surface area contributed by atoms with E-state index in [0.717, 1.165) is 19.5 Å². The van der Waals surface area contributed by atoms with Gasteiger partial charge in [0.05, 0.1) is 19.3 Å². The molecule has 0 aromatic heterocycles. The minimum atomic E-state index is -0.444. The molecule has 24 heavy (non-hydrogen) atoms. The monoisotopic (exact) mass is 334 g/mol. The van der Waals surface area contributed by atoms with Gasteiger partial charge in [-0.15, -0.1) is 0 Å². The van der Waals surface area contributed by atoms with Crippen molar-refractivity contribution >= 4 is 5.91 Å². The lowest BCUT2D eigenvalue weighted by atomic mass is 10.0. The first kappa shape index (κ1) is 18.9. The van der Waals surface area contributed by atoms with Crippen LogP contribution >= 0.6 is 0 Å². The third kappa shape index (κ3) is 5.03. The molecule has 0 bridgehead atoms. The van der Waals surface area contributed by atoms with Gasteiger partial charge in [-0.05, 0) is 31.4 Å². The molecule has 0 aliphatic carbocycles. The molecule has 1 saturated heterocycles. The number of nitrogens with one attached hydrogen (secondary N) is 1. The molecule has 1 aromatic rings. The Hall–Kier alpha value is -1.43. The topological polar surface area (TPSA) is 50.8 Å². The maximum absolute atomic E-state index is 12.8. The van der Waals surface area contributed by atoms with Crippen molar-refractivity contribution in [3.63, 3.8) is 0 Å². The van der Waals surface area contributed by atoms with Gasteiger partial charge in [-0.3, -0.25) is 4.79 Å². The van der Waals surface area contributed by atoms with Gasteiger partial charge in [0.15, 0.2) is 0 Å². The molecular formula is C19H30N2O3. The molecule has 134 valence electrons. The Balaban J connectivity index is 2.00. The van der Waals surface area contributed by atoms with Gasteiger partial charge >= 0.3 is 0 Å². The molecule has 2 rings (SSSR count). The first-order chi connectivity index (χ1) is 11.7. The zero-order chi connectivity index (χ0) is 17.4. The fraction of sp³-hybridized carbons (Fsp3) is 0.632. The van der Waals surface area contributed by atoms with E-state index in [1.54, 1.807) is 0 Å². The molecule has 5 heteroatoms. The van der Waals surface area contributed by atoms with Crippen LogP contribution in [0.5, 0.6) is 0 Å². The van der Waals surface area contributed by atoms with E-state index in [2.05, 4.69) is 36.5 Å². The van der Waals surface area contributed by atoms with Crippen molar-refractivity contribution in [2.45, 2.75) is 39.3 Å². The zero-order valence-corrected chi connectivity index (χ0v) is 15.1. The number of hydrogen-bond donors (Lipinski definition) is 1. The molecule has 1 aliphatic heterocycles. The number of hydrogen-bond acceptors (Lipinski definition) is 4. The maximum atomic E-state index is 12.8. The van der Waals surface area contributed by atoms with Crippen LogP contribution in [0.1, 0.15) is 37.9 Å². The van der Waals surface area contributed by atoms with Gasteiger partial charge < -0.3 is 19.7 Å². The summed E-state index contributed by atoms with van der Waals surface area (Å²) in [6, 6.07) is 8.63. The minimum absolute atomic E-state index is 0.0533. The van der Waals surface area contributed by atoms with Crippen LogP contribution in [-0.2, 0) is 20.7 Å². The Morgan fingerprint density at radius 3 is 2.71 bits per heavy atom. The summed E-state index contributed by atoms with van der Waals surface area (Å²) in [5, 5.41) is 3.39. The zero-order valence-electron chi connectivity index (χ0n) is 15.1. The summed E-state index contributed by atoms with van der Waals surface area (Å²) < 4.78 is 10.9. The van der Waals surface area contributed by atoms with Gasteiger partial charge in [0.2, 0.25) is 0 Å². The Bertz CT molecular complexity index is 504. The fourth-order valence-corrected chi connectivity index (χ4v) is 2.97. The smallest absolute Gasteiger partial charge is 0.252 e. The number of carbonyl (C=O) groups excluding carboxylic acids is 1. The number of nitrogens with zero attached hydrogens (tertiary/aromatic N) is 1. The molecule has 1 aliphatic rings. The normalized spacial score (nSPS) is 19.3. The lowest BCUT2D eigenvalue weighted by Gasteiger charge is -2.38. The molecule has 0 spiro atoms. The summed E-state index contributed by atoms with van der Waals surface area (Å²) in [7, 11) is 0. The molecular weight excluding hydrogens is 304 g/mol. The number of carbonyl (C=O) groups is 1. The van der Waals surface area contributed by atoms with Crippen LogP contribution in [0.3, 0.4) is 0 Å². The van der Waals surface area contributed by atoms with Gasteiger partial charge in [-0.25, -0.2) is 0 Å². The van der Waals surface area contributed by atoms with Gasteiger partial charge in [0, 0.05) is 26.2 Å². The molecule has 1 fully saturated rings. The van der Waals surface area contributed by atoms with E-state index in [1.807, 2.05) is 18.7 Å². The predicted molar refractivity (Wildman–Crippen MR) is 95.1 cm³/mol. The Labute approximate surface area is 145 Å². The summed E-state index contributed by atoms with van der Waals surface area (Å²) in [5.41, 5.74) is 2.49. The van der Waals surface area contributed by atoms with E-state index >= 15 is 0 Å². The van der Waals surface area contributed by atoms with Crippen LogP contribution < -0.4 is 5.32 Å². The Morgan fingerprint density at radius 1 is 1.29 bits per heavy atom. The Kier molecular flexibility index (Phi) is 7.69. The van der Waals surface area contributed by atoms with Crippen molar-refractivity contribution in [2.24, 2.45) is 0 Å². The van der Waals surface area contributed by atoms with Crippen molar-refractivity contribution in [3.05, 3.63) is 35.4 Å². The number of piperazine rings is 1. The SMILES string of the molecule is CCOCCOC(C)C(=O)N1CCNCC1c1ccc(CC)cc1. The summed E-state index contributed by atoms with van der Waals surface area (Å²) in [4.78, 5) is 14.7. The highest BCUT2D eigenvalue weighted by molar-refractivity contribution is 5.81. The number of amides is 1. The van der Waals surface area contributed by atoms with Crippen molar-refractivity contribution in [1.82, 2.24) is 10.2 Å². The van der Waals surface area contributed by atoms with Gasteiger partial charge in [0.1, 0.15) is 6.10 Å². The molecule has 1 N–H and O–H groups in total. The van der Waals surface area contributed by atoms with Crippen LogP contribution in [0.25, 0.3) is 0 Å². The highest BCUT2D eigenvalue weighted by Gasteiger charge is 2.30. The number of benzene rings is 1. The maximum Gasteiger partial charge on any atom is 0.252 e. The van der Waals surface area contributed by atoms with Gasteiger partial charge in [0.25, 0.3) is 5.91 Å². The van der Waals surface area contributed by atoms with Gasteiger partial charge in [-0.2, -0.15) is 0 Å². The van der Waals surface area contributed by atoms with E-state index < -0.39 is 6.10 Å². The largest absolute Gasteiger partial charge is 0.379 e. The third-order valence-electron chi connectivity index (χ3n) is 4.45. The van der Waals surface area contributed by atoms with Crippen molar-refractivity contribution < 1.29 is 14.3 Å². The first-order valence-electron chi connectivity index (χ1n) is 8.96. The van der Waals surface area contributed by atoms with Crippen LogP contribution in [0.2, 0.25) is 0 Å². The molecule has 0 saturated carbocycles. The van der Waals surface area contributed by atoms with Crippen LogP contribution in [-0.4, -0.2) is 56.4 Å². The molecule has 1 heterocycles. The second-order valence-electron chi connectivity index (χ2n) is 6.06. The molecule has 5 nitrogen and oxygen atoms in total. The third-order valence-corrected chi connectivity index (χ3v) is 4.45. The fourth-order valence-electron chi connectivity index (χ4n) is 2.97. The Morgan fingerprint density at radius 2 is 2.04 bits per heavy atom. The number of ether oxygens (including phenoxy) is 2. The lowest BCUT2D eigenvalue weighted by Crippen LogP contribution is -2.51. The van der Waals surface area contributed by atoms with Crippen LogP contribution in [0.15, 0.2) is 24.3 Å². The summed E-state index contributed by atoms with van der Waals surface area (Å²) >= 11 is 0. The highest BCUT2D eigenvalue weighted by Crippen LogP contribution is 2.24. The van der Waals surface area contributed by atoms with Gasteiger partial charge in [-0.1, -0.05) is 31.2 Å². The standard InChI is InChI=1S/C19H30N2O3/c1-4-16-6-8-17(9-7-16)18-14-20-10-11-21(18)19(22)15(3)24-13-12-23-5-2/h6-9,15,18,20H,4-5,10-14H2,1-3H3. The summed E-state index contributed by atoms with van der Waals surface area (Å²) in [5.74, 6) is 0.0533. The molecule has 0 radical (unpaired) electrons. The van der Waals surface area contributed by atoms with Crippen LogP contribution in [0.4, 0.5) is 0 Å². The molecule has 1 amide bonds. The van der Waals surface area contributed by atoms with Crippen molar-refractivity contribution in [1.29, 1.82) is 0 Å². The average molecular weight is 334 g/mol. The van der Waals surface area contributed by atoms with Crippen molar-refractivity contribution in [3.8, 4) is 0 Å². The van der Waals surface area contributed by atoms with E-state index in [9.17, 15) is 4.79 Å². The predicted octanol–water partition coefficient (Wildman–Crippen LogP) is 2.16. The molecule has 1 aromatic carbocycles. The molecule has 2 atom stereocenters. The number of aryl methyl sites for hydroxylation is 1. The molecule has 2 unspecified atom stereocenters. The minimum Gasteiger partial charge on any atom is -0.379 e. The quantitative estimate of drug-likeness (QED) is 0.740. The first-order valence-corrected chi connectivity index (χ1v) is 8.96. The summed E-state index contributed by atoms with van der Waals surface area (Å²) in [6.07, 6.45) is 0.581. The lowest BCUT2D eigenvalue weighted by molar-refractivity contribution is -0.147. The second kappa shape index (κ2) is 9.77.